The van der Waals surface area contributed by atoms with Crippen molar-refractivity contribution in [2.24, 2.45) is 7.05 Å². The Morgan fingerprint density at radius 1 is 1.33 bits per heavy atom. The second-order valence-electron chi connectivity index (χ2n) is 5.19. The van der Waals surface area contributed by atoms with Crippen molar-refractivity contribution in [2.45, 2.75) is 24.3 Å². The van der Waals surface area contributed by atoms with Gasteiger partial charge in [-0.25, -0.2) is 4.79 Å². The molecule has 24 heavy (non-hydrogen) atoms. The van der Waals surface area contributed by atoms with Crippen LogP contribution in [-0.2, 0) is 19.2 Å². The Hall–Kier alpha value is -2.68. The lowest BCUT2D eigenvalue weighted by molar-refractivity contribution is 0.419. The molecule has 0 aromatic carbocycles. The number of aromatic amines is 1. The van der Waals surface area contributed by atoms with Crippen LogP contribution in [0.3, 0.4) is 0 Å². The quantitative estimate of drug-likeness (QED) is 0.689. The minimum Gasteiger partial charge on any atom is -0.416 e. The third-order valence-corrected chi connectivity index (χ3v) is 4.37. The van der Waals surface area contributed by atoms with Gasteiger partial charge in [-0.2, -0.15) is 0 Å². The van der Waals surface area contributed by atoms with E-state index in [1.165, 1.54) is 18.8 Å². The van der Waals surface area contributed by atoms with Crippen LogP contribution in [0.2, 0.25) is 0 Å². The minimum atomic E-state index is -0.445. The standard InChI is InChI=1S/C15H15N5O3S/c1-9-11(13(21)20(2)14(22)17-9)6-12-18-19-15(23-12)24-8-10-4-3-5-16-7-10/h3-5,7H,6,8H2,1-2H3,(H,17,22). The maximum absolute atomic E-state index is 12.2. The number of nitrogens with zero attached hydrogens (tertiary/aromatic N) is 4. The highest BCUT2D eigenvalue weighted by Gasteiger charge is 2.14. The summed E-state index contributed by atoms with van der Waals surface area (Å²) in [5.74, 6) is 0.991. The molecule has 3 aromatic heterocycles. The van der Waals surface area contributed by atoms with Crippen molar-refractivity contribution in [1.82, 2.24) is 24.7 Å². The van der Waals surface area contributed by atoms with Crippen molar-refractivity contribution in [1.29, 1.82) is 0 Å². The van der Waals surface area contributed by atoms with Crippen LogP contribution in [0.4, 0.5) is 0 Å². The summed E-state index contributed by atoms with van der Waals surface area (Å²) in [6.45, 7) is 1.67. The fourth-order valence-corrected chi connectivity index (χ4v) is 2.85. The lowest BCUT2D eigenvalue weighted by atomic mass is 10.2. The fourth-order valence-electron chi connectivity index (χ4n) is 2.13. The molecule has 3 aromatic rings. The first-order chi connectivity index (χ1) is 11.5. The van der Waals surface area contributed by atoms with Crippen LogP contribution < -0.4 is 11.2 Å². The smallest absolute Gasteiger partial charge is 0.328 e. The van der Waals surface area contributed by atoms with Crippen molar-refractivity contribution in [3.63, 3.8) is 0 Å². The highest BCUT2D eigenvalue weighted by molar-refractivity contribution is 7.98. The Morgan fingerprint density at radius 2 is 2.17 bits per heavy atom. The highest BCUT2D eigenvalue weighted by Crippen LogP contribution is 2.21. The van der Waals surface area contributed by atoms with E-state index < -0.39 is 5.69 Å². The molecule has 0 radical (unpaired) electrons. The zero-order valence-electron chi connectivity index (χ0n) is 13.1. The SMILES string of the molecule is Cc1[nH]c(=O)n(C)c(=O)c1Cc1nnc(SCc2cccnc2)o1. The molecule has 0 aliphatic carbocycles. The molecule has 9 heteroatoms. The largest absolute Gasteiger partial charge is 0.416 e. The number of rotatable bonds is 5. The highest BCUT2D eigenvalue weighted by atomic mass is 32.2. The van der Waals surface area contributed by atoms with Crippen molar-refractivity contribution < 1.29 is 4.42 Å². The Labute approximate surface area is 141 Å². The summed E-state index contributed by atoms with van der Waals surface area (Å²) in [7, 11) is 1.42. The predicted octanol–water partition coefficient (Wildman–Crippen LogP) is 1.04. The summed E-state index contributed by atoms with van der Waals surface area (Å²) >= 11 is 1.40. The van der Waals surface area contributed by atoms with E-state index in [4.69, 9.17) is 4.42 Å². The summed E-state index contributed by atoms with van der Waals surface area (Å²) in [5, 5.41) is 8.36. The van der Waals surface area contributed by atoms with Crippen LogP contribution in [-0.4, -0.2) is 24.7 Å². The fraction of sp³-hybridized carbons (Fsp3) is 0.267. The van der Waals surface area contributed by atoms with E-state index >= 15 is 0 Å². The molecule has 0 atom stereocenters. The average molecular weight is 345 g/mol. The van der Waals surface area contributed by atoms with E-state index in [9.17, 15) is 9.59 Å². The number of hydrogen-bond acceptors (Lipinski definition) is 7. The van der Waals surface area contributed by atoms with Crippen molar-refractivity contribution in [2.75, 3.05) is 0 Å². The van der Waals surface area contributed by atoms with Crippen molar-refractivity contribution >= 4 is 11.8 Å². The molecule has 0 aliphatic rings. The van der Waals surface area contributed by atoms with E-state index in [0.29, 0.717) is 28.1 Å². The molecular weight excluding hydrogens is 330 g/mol. The third-order valence-electron chi connectivity index (χ3n) is 3.48. The lowest BCUT2D eigenvalue weighted by Gasteiger charge is -2.04. The van der Waals surface area contributed by atoms with E-state index in [1.54, 1.807) is 19.3 Å². The maximum atomic E-state index is 12.2. The predicted molar refractivity (Wildman–Crippen MR) is 87.9 cm³/mol. The van der Waals surface area contributed by atoms with E-state index in [-0.39, 0.29) is 12.0 Å². The van der Waals surface area contributed by atoms with Crippen LogP contribution in [0.25, 0.3) is 0 Å². The van der Waals surface area contributed by atoms with Gasteiger partial charge in [-0.3, -0.25) is 14.3 Å². The van der Waals surface area contributed by atoms with Gasteiger partial charge < -0.3 is 9.40 Å². The van der Waals surface area contributed by atoms with Crippen LogP contribution in [0, 0.1) is 6.92 Å². The molecule has 0 fully saturated rings. The molecule has 0 unspecified atom stereocenters. The molecule has 3 rings (SSSR count). The average Bonchev–Trinajstić information content (AvgIpc) is 3.03. The zero-order chi connectivity index (χ0) is 17.1. The topological polar surface area (TPSA) is 107 Å². The van der Waals surface area contributed by atoms with Gasteiger partial charge in [0.25, 0.3) is 10.8 Å². The molecule has 8 nitrogen and oxygen atoms in total. The molecule has 1 N–H and O–H groups in total. The number of hydrogen-bond donors (Lipinski definition) is 1. The molecule has 124 valence electrons. The Balaban J connectivity index is 1.74. The summed E-state index contributed by atoms with van der Waals surface area (Å²) in [5.41, 5.74) is 1.18. The summed E-state index contributed by atoms with van der Waals surface area (Å²) in [4.78, 5) is 30.4. The van der Waals surface area contributed by atoms with Gasteiger partial charge in [-0.1, -0.05) is 17.8 Å². The number of aromatic nitrogens is 5. The number of thioether (sulfide) groups is 1. The van der Waals surface area contributed by atoms with Gasteiger partial charge in [-0.05, 0) is 18.6 Å². The molecule has 0 saturated heterocycles. The van der Waals surface area contributed by atoms with E-state index in [1.807, 2.05) is 12.1 Å². The molecule has 0 saturated carbocycles. The third kappa shape index (κ3) is 3.46. The van der Waals surface area contributed by atoms with Gasteiger partial charge in [0, 0.05) is 36.5 Å². The van der Waals surface area contributed by atoms with Gasteiger partial charge >= 0.3 is 5.69 Å². The van der Waals surface area contributed by atoms with Gasteiger partial charge in [0.1, 0.15) is 0 Å². The number of aryl methyl sites for hydroxylation is 1. The normalized spacial score (nSPS) is 10.9. The molecule has 0 aliphatic heterocycles. The van der Waals surface area contributed by atoms with Crippen LogP contribution in [0.15, 0.2) is 43.8 Å². The first kappa shape index (κ1) is 16.2. The van der Waals surface area contributed by atoms with E-state index in [2.05, 4.69) is 20.2 Å². The second-order valence-corrected chi connectivity index (χ2v) is 6.11. The summed E-state index contributed by atoms with van der Waals surface area (Å²) in [6, 6.07) is 3.83. The first-order valence-corrected chi connectivity index (χ1v) is 8.16. The lowest BCUT2D eigenvalue weighted by Crippen LogP contribution is -2.36. The zero-order valence-corrected chi connectivity index (χ0v) is 14.0. The van der Waals surface area contributed by atoms with Gasteiger partial charge in [-0.15, -0.1) is 10.2 Å². The monoisotopic (exact) mass is 345 g/mol. The molecule has 3 heterocycles. The molecule has 0 spiro atoms. The van der Waals surface area contributed by atoms with Crippen LogP contribution in [0.1, 0.15) is 22.7 Å². The number of H-pyrrole nitrogens is 1. The second kappa shape index (κ2) is 6.83. The Kier molecular flexibility index (Phi) is 4.61. The Bertz CT molecular complexity index is 961. The van der Waals surface area contributed by atoms with Crippen molar-refractivity contribution in [3.8, 4) is 0 Å². The van der Waals surface area contributed by atoms with Gasteiger partial charge in [0.2, 0.25) is 5.89 Å². The molecular formula is C15H15N5O3S. The van der Waals surface area contributed by atoms with Crippen molar-refractivity contribution in [3.05, 3.63) is 68.1 Å². The first-order valence-electron chi connectivity index (χ1n) is 7.17. The Morgan fingerprint density at radius 3 is 2.92 bits per heavy atom. The number of pyridine rings is 1. The van der Waals surface area contributed by atoms with Crippen LogP contribution >= 0.6 is 11.8 Å². The van der Waals surface area contributed by atoms with Gasteiger partial charge in [0.15, 0.2) is 0 Å². The summed E-state index contributed by atoms with van der Waals surface area (Å²) in [6.07, 6.45) is 3.67. The molecule has 0 amide bonds. The number of nitrogens with one attached hydrogen (secondary N) is 1. The van der Waals surface area contributed by atoms with Gasteiger partial charge in [0.05, 0.1) is 6.42 Å². The summed E-state index contributed by atoms with van der Waals surface area (Å²) < 4.78 is 6.59. The minimum absolute atomic E-state index is 0.176. The molecule has 0 bridgehead atoms. The van der Waals surface area contributed by atoms with E-state index in [0.717, 1.165) is 10.1 Å². The maximum Gasteiger partial charge on any atom is 0.328 e. The van der Waals surface area contributed by atoms with Crippen LogP contribution in [0.5, 0.6) is 0 Å².